The van der Waals surface area contributed by atoms with Crippen LogP contribution in [0.25, 0.3) is 10.9 Å². The smallest absolute Gasteiger partial charge is 0.138 e. The van der Waals surface area contributed by atoms with Gasteiger partial charge in [0.15, 0.2) is 0 Å². The third-order valence-corrected chi connectivity index (χ3v) is 3.67. The number of nitrogens with one attached hydrogen (secondary N) is 1. The summed E-state index contributed by atoms with van der Waals surface area (Å²) in [5.41, 5.74) is 2.27. The van der Waals surface area contributed by atoms with Crippen molar-refractivity contribution < 1.29 is 0 Å². The van der Waals surface area contributed by atoms with Crippen LogP contribution in [0.4, 0.5) is 0 Å². The quantitative estimate of drug-likeness (QED) is 0.779. The molecule has 1 aromatic carbocycles. The Labute approximate surface area is 124 Å². The average Bonchev–Trinajstić information content (AvgIpc) is 2.91. The highest BCUT2D eigenvalue weighted by Gasteiger charge is 2.14. The number of fused-ring (bicyclic) bond motifs is 1. The van der Waals surface area contributed by atoms with Crippen molar-refractivity contribution in [3.63, 3.8) is 0 Å². The van der Waals surface area contributed by atoms with Gasteiger partial charge in [-0.05, 0) is 30.3 Å². The molecule has 2 aromatic heterocycles. The van der Waals surface area contributed by atoms with Crippen LogP contribution in [0.3, 0.4) is 0 Å². The zero-order valence-electron chi connectivity index (χ0n) is 12.3. The zero-order valence-corrected chi connectivity index (χ0v) is 12.3. The predicted octanol–water partition coefficient (Wildman–Crippen LogP) is 2.26. The van der Waals surface area contributed by atoms with E-state index in [0.717, 1.165) is 29.7 Å². The maximum Gasteiger partial charge on any atom is 0.138 e. The molecule has 0 aliphatic carbocycles. The van der Waals surface area contributed by atoms with E-state index in [0.29, 0.717) is 0 Å². The fourth-order valence-corrected chi connectivity index (χ4v) is 2.55. The first-order chi connectivity index (χ1) is 10.3. The topological polar surface area (TPSA) is 55.6 Å². The van der Waals surface area contributed by atoms with Gasteiger partial charge in [-0.25, -0.2) is 4.98 Å². The second-order valence-electron chi connectivity index (χ2n) is 5.07. The van der Waals surface area contributed by atoms with Gasteiger partial charge < -0.3 is 5.32 Å². The van der Waals surface area contributed by atoms with Gasteiger partial charge in [0.2, 0.25) is 0 Å². The first-order valence-electron chi connectivity index (χ1n) is 7.19. The molecular weight excluding hydrogens is 262 g/mol. The Morgan fingerprint density at radius 2 is 2.14 bits per heavy atom. The molecule has 3 aromatic rings. The van der Waals surface area contributed by atoms with E-state index in [-0.39, 0.29) is 6.04 Å². The molecule has 0 radical (unpaired) electrons. The van der Waals surface area contributed by atoms with Gasteiger partial charge in [-0.3, -0.25) is 9.67 Å². The van der Waals surface area contributed by atoms with Crippen molar-refractivity contribution in [2.45, 2.75) is 19.4 Å². The van der Waals surface area contributed by atoms with Crippen LogP contribution in [0, 0.1) is 0 Å². The van der Waals surface area contributed by atoms with E-state index in [1.165, 1.54) is 5.56 Å². The third kappa shape index (κ3) is 2.92. The Morgan fingerprint density at radius 3 is 2.90 bits per heavy atom. The van der Waals surface area contributed by atoms with E-state index in [4.69, 9.17) is 0 Å². The number of likely N-dealkylation sites (N-methyl/N-ethyl adjacent to an activating group) is 1. The van der Waals surface area contributed by atoms with Crippen LogP contribution in [0.5, 0.6) is 0 Å². The molecule has 1 unspecified atom stereocenters. The summed E-state index contributed by atoms with van der Waals surface area (Å²) in [6.07, 6.45) is 4.24. The number of hydrogen-bond acceptors (Lipinski definition) is 4. The number of benzene rings is 1. The van der Waals surface area contributed by atoms with Crippen molar-refractivity contribution in [2.75, 3.05) is 6.54 Å². The summed E-state index contributed by atoms with van der Waals surface area (Å²) in [5, 5.41) is 8.83. The Hall–Kier alpha value is -2.27. The summed E-state index contributed by atoms with van der Waals surface area (Å²) in [4.78, 5) is 8.70. The number of nitrogens with zero attached hydrogens (tertiary/aromatic N) is 4. The number of pyridine rings is 1. The molecule has 5 heteroatoms. The van der Waals surface area contributed by atoms with Gasteiger partial charge in [0.1, 0.15) is 12.2 Å². The van der Waals surface area contributed by atoms with E-state index in [1.807, 2.05) is 24.0 Å². The fourth-order valence-electron chi connectivity index (χ4n) is 2.55. The summed E-state index contributed by atoms with van der Waals surface area (Å²) >= 11 is 0. The molecular formula is C16H19N5. The lowest BCUT2D eigenvalue weighted by molar-refractivity contribution is 0.522. The maximum atomic E-state index is 4.37. The number of rotatable bonds is 5. The molecule has 0 saturated heterocycles. The van der Waals surface area contributed by atoms with Crippen LogP contribution >= 0.6 is 0 Å². The van der Waals surface area contributed by atoms with Gasteiger partial charge in [0, 0.05) is 31.1 Å². The first kappa shape index (κ1) is 13.7. The first-order valence-corrected chi connectivity index (χ1v) is 7.19. The SMILES string of the molecule is CCNC(Cc1ncnn1C)c1ccc2ncccc2c1. The van der Waals surface area contributed by atoms with E-state index < -0.39 is 0 Å². The average molecular weight is 281 g/mol. The number of hydrogen-bond donors (Lipinski definition) is 1. The zero-order chi connectivity index (χ0) is 14.7. The summed E-state index contributed by atoms with van der Waals surface area (Å²) in [6.45, 7) is 3.03. The lowest BCUT2D eigenvalue weighted by Crippen LogP contribution is -2.24. The molecule has 2 heterocycles. The maximum absolute atomic E-state index is 4.37. The Bertz CT molecular complexity index is 734. The molecule has 0 spiro atoms. The van der Waals surface area contributed by atoms with Crippen LogP contribution in [0.15, 0.2) is 42.9 Å². The minimum absolute atomic E-state index is 0.225. The molecule has 0 amide bonds. The molecule has 0 saturated carbocycles. The van der Waals surface area contributed by atoms with Crippen molar-refractivity contribution in [3.05, 3.63) is 54.2 Å². The fraction of sp³-hybridized carbons (Fsp3) is 0.312. The largest absolute Gasteiger partial charge is 0.310 e. The van der Waals surface area contributed by atoms with E-state index >= 15 is 0 Å². The van der Waals surface area contributed by atoms with E-state index in [1.54, 1.807) is 6.33 Å². The molecule has 1 atom stereocenters. The molecule has 108 valence electrons. The minimum atomic E-state index is 0.225. The standard InChI is InChI=1S/C16H19N5/c1-3-17-15(10-16-19-11-20-21(16)2)13-6-7-14-12(9-13)5-4-8-18-14/h4-9,11,15,17H,3,10H2,1-2H3. The van der Waals surface area contributed by atoms with Crippen molar-refractivity contribution in [3.8, 4) is 0 Å². The summed E-state index contributed by atoms with van der Waals surface area (Å²) in [5.74, 6) is 0.979. The van der Waals surface area contributed by atoms with Crippen molar-refractivity contribution in [1.29, 1.82) is 0 Å². The summed E-state index contributed by atoms with van der Waals surface area (Å²) in [6, 6.07) is 10.7. The molecule has 0 bridgehead atoms. The Morgan fingerprint density at radius 1 is 1.24 bits per heavy atom. The molecule has 21 heavy (non-hydrogen) atoms. The highest BCUT2D eigenvalue weighted by molar-refractivity contribution is 5.79. The second kappa shape index (κ2) is 6.01. The molecule has 5 nitrogen and oxygen atoms in total. The van der Waals surface area contributed by atoms with Crippen molar-refractivity contribution >= 4 is 10.9 Å². The van der Waals surface area contributed by atoms with Gasteiger partial charge in [-0.1, -0.05) is 19.1 Å². The summed E-state index contributed by atoms with van der Waals surface area (Å²) < 4.78 is 1.83. The minimum Gasteiger partial charge on any atom is -0.310 e. The van der Waals surface area contributed by atoms with Crippen LogP contribution in [0.1, 0.15) is 24.4 Å². The monoisotopic (exact) mass is 281 g/mol. The van der Waals surface area contributed by atoms with Gasteiger partial charge in [0.25, 0.3) is 0 Å². The van der Waals surface area contributed by atoms with E-state index in [2.05, 4.69) is 51.6 Å². The second-order valence-corrected chi connectivity index (χ2v) is 5.07. The van der Waals surface area contributed by atoms with Crippen LogP contribution < -0.4 is 5.32 Å². The van der Waals surface area contributed by atoms with Crippen LogP contribution in [-0.2, 0) is 13.5 Å². The lowest BCUT2D eigenvalue weighted by Gasteiger charge is -2.18. The number of aryl methyl sites for hydroxylation is 1. The third-order valence-electron chi connectivity index (χ3n) is 3.67. The Kier molecular flexibility index (Phi) is 3.92. The van der Waals surface area contributed by atoms with Crippen LogP contribution in [0.2, 0.25) is 0 Å². The predicted molar refractivity (Wildman–Crippen MR) is 82.9 cm³/mol. The highest BCUT2D eigenvalue weighted by Crippen LogP contribution is 2.21. The van der Waals surface area contributed by atoms with Gasteiger partial charge in [-0.2, -0.15) is 5.10 Å². The molecule has 0 fully saturated rings. The van der Waals surface area contributed by atoms with Gasteiger partial charge in [0.05, 0.1) is 5.52 Å². The van der Waals surface area contributed by atoms with Crippen LogP contribution in [-0.4, -0.2) is 26.3 Å². The molecule has 1 N–H and O–H groups in total. The molecule has 0 aliphatic rings. The summed E-state index contributed by atoms with van der Waals surface area (Å²) in [7, 11) is 1.93. The van der Waals surface area contributed by atoms with Crippen molar-refractivity contribution in [2.24, 2.45) is 7.05 Å². The molecule has 3 rings (SSSR count). The van der Waals surface area contributed by atoms with E-state index in [9.17, 15) is 0 Å². The van der Waals surface area contributed by atoms with Crippen molar-refractivity contribution in [1.82, 2.24) is 25.1 Å². The normalized spacial score (nSPS) is 12.7. The molecule has 0 aliphatic heterocycles. The van der Waals surface area contributed by atoms with Gasteiger partial charge >= 0.3 is 0 Å². The number of aromatic nitrogens is 4. The Balaban J connectivity index is 1.93. The highest BCUT2D eigenvalue weighted by atomic mass is 15.3. The lowest BCUT2D eigenvalue weighted by atomic mass is 10.0. The van der Waals surface area contributed by atoms with Gasteiger partial charge in [-0.15, -0.1) is 0 Å².